The van der Waals surface area contributed by atoms with E-state index in [9.17, 15) is 57.8 Å². The van der Waals surface area contributed by atoms with Gasteiger partial charge in [0.15, 0.2) is 11.9 Å². The molecule has 0 unspecified atom stereocenters. The van der Waals surface area contributed by atoms with Gasteiger partial charge in [0.05, 0.1) is 32.0 Å². The zero-order valence-electron chi connectivity index (χ0n) is 44.6. The highest BCUT2D eigenvalue weighted by Gasteiger charge is 2.33. The first kappa shape index (κ1) is 65.9. The lowest BCUT2D eigenvalue weighted by atomic mass is 10.0. The first-order chi connectivity index (χ1) is 38.5. The predicted molar refractivity (Wildman–Crippen MR) is 296 cm³/mol. The molecule has 0 bridgehead atoms. The van der Waals surface area contributed by atoms with Crippen LogP contribution in [0.1, 0.15) is 68.9 Å². The van der Waals surface area contributed by atoms with Gasteiger partial charge in [-0.15, -0.1) is 0 Å². The monoisotopic (exact) mass is 1130 g/mol. The number of nitrogens with zero attached hydrogens (tertiary/aromatic N) is 2. The number of carboxylic acids is 1. The summed E-state index contributed by atoms with van der Waals surface area (Å²) in [5.74, 6) is -11.2. The predicted octanol–water partition coefficient (Wildman–Crippen LogP) is -6.51. The third-order valence-electron chi connectivity index (χ3n) is 12.1. The standard InChI is InChI=1S/C50H75N19O12/c51-17-7-6-15-32(65-47(79)37(23-39(54)71)67-42(74)30(52)13-8-18-59-49(55)56)44(76)68-34(20-27-10-2-1-3-11-27)43(75)63-25-40(72)62-26-41(73)64-36(22-38(53)70)46(78)69-35(21-28-24-61-31-14-5-4-12-29(28)31)45(77)66-33(48(80)81)16-9-19-60-50(57)58/h1-5,10-12,14,24,30,32-37,61H,6-9,13,15-23,25-26,51-52H2,(H2,53,70)(H2,54,71)(H,62,72)(H,63,75)(H,64,73)(H,65,79)(H,66,77)(H,67,74)(H,68,76)(H,69,78)(H,80,81)(H4,55,56,59)(H4,57,58,60)/t30-,32-,33-,34-,35-,36-,37-/m0/s1. The van der Waals surface area contributed by atoms with Gasteiger partial charge in [-0.1, -0.05) is 48.5 Å². The molecule has 0 aliphatic heterocycles. The minimum Gasteiger partial charge on any atom is -0.480 e. The molecule has 26 N–H and O–H groups in total. The average Bonchev–Trinajstić information content (AvgIpc) is 3.82. The normalized spacial score (nSPS) is 13.4. The fourth-order valence-corrected chi connectivity index (χ4v) is 7.93. The molecule has 1 aromatic heterocycles. The van der Waals surface area contributed by atoms with Crippen molar-refractivity contribution in [2.24, 2.45) is 55.9 Å². The highest BCUT2D eigenvalue weighted by molar-refractivity contribution is 5.99. The molecule has 0 saturated carbocycles. The zero-order chi connectivity index (χ0) is 60.0. The van der Waals surface area contributed by atoms with Gasteiger partial charge >= 0.3 is 5.97 Å². The summed E-state index contributed by atoms with van der Waals surface area (Å²) in [4.78, 5) is 155. The summed E-state index contributed by atoms with van der Waals surface area (Å²) in [6, 6.07) is 5.37. The number of aromatic amines is 1. The van der Waals surface area contributed by atoms with E-state index in [0.29, 0.717) is 41.3 Å². The number of nitrogens with two attached hydrogens (primary N) is 8. The maximum absolute atomic E-state index is 14.0. The molecular weight excluding hydrogens is 1060 g/mol. The van der Waals surface area contributed by atoms with E-state index in [-0.39, 0.29) is 70.1 Å². The smallest absolute Gasteiger partial charge is 0.326 e. The minimum atomic E-state index is -1.71. The number of hydrogen-bond acceptors (Lipinski definition) is 15. The molecule has 7 atom stereocenters. The number of aliphatic carboxylic acids is 1. The molecule has 81 heavy (non-hydrogen) atoms. The van der Waals surface area contributed by atoms with Crippen LogP contribution in [0.25, 0.3) is 10.9 Å². The summed E-state index contributed by atoms with van der Waals surface area (Å²) in [5.41, 5.74) is 45.7. The van der Waals surface area contributed by atoms with E-state index < -0.39 is 133 Å². The van der Waals surface area contributed by atoms with Crippen LogP contribution in [-0.2, 0) is 65.6 Å². The van der Waals surface area contributed by atoms with Crippen molar-refractivity contribution in [3.05, 3.63) is 71.9 Å². The van der Waals surface area contributed by atoms with Crippen LogP contribution in [0.5, 0.6) is 0 Å². The van der Waals surface area contributed by atoms with Crippen molar-refractivity contribution < 1.29 is 57.8 Å². The number of primary amides is 2. The van der Waals surface area contributed by atoms with Crippen molar-refractivity contribution in [1.29, 1.82) is 0 Å². The van der Waals surface area contributed by atoms with Crippen LogP contribution in [0.3, 0.4) is 0 Å². The second-order valence-corrected chi connectivity index (χ2v) is 18.6. The third-order valence-corrected chi connectivity index (χ3v) is 12.1. The summed E-state index contributed by atoms with van der Waals surface area (Å²) in [5, 5.41) is 30.0. The van der Waals surface area contributed by atoms with Gasteiger partial charge in [0.25, 0.3) is 0 Å². The Labute approximate surface area is 465 Å². The minimum absolute atomic E-state index is 0.0137. The molecule has 0 aliphatic carbocycles. The van der Waals surface area contributed by atoms with Crippen LogP contribution in [0.2, 0.25) is 0 Å². The second-order valence-electron chi connectivity index (χ2n) is 18.6. The Hall–Kier alpha value is -9.39. The largest absolute Gasteiger partial charge is 0.480 e. The number of benzene rings is 2. The van der Waals surface area contributed by atoms with Crippen LogP contribution in [0.15, 0.2) is 70.8 Å². The Morgan fingerprint density at radius 2 is 1.00 bits per heavy atom. The number of hydrogen-bond donors (Lipinski definition) is 18. The van der Waals surface area contributed by atoms with E-state index >= 15 is 0 Å². The zero-order valence-corrected chi connectivity index (χ0v) is 44.6. The molecule has 442 valence electrons. The fraction of sp³-hybridized carbons (Fsp3) is 0.460. The summed E-state index contributed by atoms with van der Waals surface area (Å²) in [6.07, 6.45) is 1.02. The maximum atomic E-state index is 14.0. The molecule has 0 saturated heterocycles. The van der Waals surface area contributed by atoms with Crippen molar-refractivity contribution in [3.8, 4) is 0 Å². The van der Waals surface area contributed by atoms with E-state index in [4.69, 9.17) is 45.9 Å². The van der Waals surface area contributed by atoms with Gasteiger partial charge in [0.2, 0.25) is 59.1 Å². The molecule has 10 amide bonds. The van der Waals surface area contributed by atoms with Gasteiger partial charge in [-0.3, -0.25) is 57.9 Å². The fourth-order valence-electron chi connectivity index (χ4n) is 7.93. The number of aromatic nitrogens is 1. The van der Waals surface area contributed by atoms with E-state index in [1.54, 1.807) is 60.8 Å². The molecule has 0 spiro atoms. The lowest BCUT2D eigenvalue weighted by Gasteiger charge is -2.26. The van der Waals surface area contributed by atoms with Crippen LogP contribution in [0, 0.1) is 0 Å². The highest BCUT2D eigenvalue weighted by Crippen LogP contribution is 2.20. The first-order valence-electron chi connectivity index (χ1n) is 25.8. The highest BCUT2D eigenvalue weighted by atomic mass is 16.4. The average molecular weight is 1130 g/mol. The Kier molecular flexibility index (Phi) is 28.1. The van der Waals surface area contributed by atoms with E-state index in [0.717, 1.165) is 0 Å². The number of amides is 10. The first-order valence-corrected chi connectivity index (χ1v) is 25.8. The number of fused-ring (bicyclic) bond motifs is 1. The number of carbonyl (C=O) groups is 11. The summed E-state index contributed by atoms with van der Waals surface area (Å²) in [6.45, 7) is -1.10. The Balaban J connectivity index is 1.73. The molecule has 3 aromatic rings. The third kappa shape index (κ3) is 24.9. The van der Waals surface area contributed by atoms with Crippen LogP contribution < -0.4 is 88.4 Å². The van der Waals surface area contributed by atoms with Crippen molar-refractivity contribution >= 4 is 87.9 Å². The van der Waals surface area contributed by atoms with Crippen molar-refractivity contribution in [3.63, 3.8) is 0 Å². The molecule has 3 rings (SSSR count). The number of carboxylic acid groups (broad SMARTS) is 1. The second kappa shape index (κ2) is 34.5. The molecular formula is C50H75N19O12. The molecule has 2 aromatic carbocycles. The van der Waals surface area contributed by atoms with Crippen molar-refractivity contribution in [2.75, 3.05) is 32.7 Å². The topological polar surface area (TPSA) is 553 Å². The van der Waals surface area contributed by atoms with Gasteiger partial charge in [-0.25, -0.2) is 4.79 Å². The maximum Gasteiger partial charge on any atom is 0.326 e. The van der Waals surface area contributed by atoms with E-state index in [1.807, 2.05) is 0 Å². The number of carbonyl (C=O) groups excluding carboxylic acids is 10. The molecule has 0 aliphatic rings. The molecule has 31 nitrogen and oxygen atoms in total. The number of rotatable bonds is 37. The number of nitrogens with one attached hydrogen (secondary N) is 9. The van der Waals surface area contributed by atoms with Gasteiger partial charge in [-0.05, 0) is 68.7 Å². The quantitative estimate of drug-likeness (QED) is 0.0145. The lowest BCUT2D eigenvalue weighted by molar-refractivity contribution is -0.142. The van der Waals surface area contributed by atoms with Crippen molar-refractivity contribution in [2.45, 2.75) is 113 Å². The van der Waals surface area contributed by atoms with Gasteiger partial charge in [-0.2, -0.15) is 0 Å². The van der Waals surface area contributed by atoms with Gasteiger partial charge < -0.3 is 98.5 Å². The summed E-state index contributed by atoms with van der Waals surface area (Å²) >= 11 is 0. The summed E-state index contributed by atoms with van der Waals surface area (Å²) < 4.78 is 0. The van der Waals surface area contributed by atoms with Crippen LogP contribution in [0.4, 0.5) is 0 Å². The van der Waals surface area contributed by atoms with Crippen LogP contribution >= 0.6 is 0 Å². The molecule has 31 heteroatoms. The van der Waals surface area contributed by atoms with Gasteiger partial charge in [0, 0.05) is 43.0 Å². The Morgan fingerprint density at radius 1 is 0.506 bits per heavy atom. The number of aliphatic imine (C=N–C) groups is 2. The number of unbranched alkanes of at least 4 members (excludes halogenated alkanes) is 1. The SMILES string of the molecule is NCCCC[C@H](NC(=O)[C@H](CC(N)=O)NC(=O)[C@@H](N)CCCN=C(N)N)C(=O)N[C@@H](Cc1ccccc1)C(=O)NCC(=O)NCC(=O)N[C@@H](CC(N)=O)C(=O)N[C@@H](Cc1c[nH]c2ccccc12)C(=O)N[C@@H](CCCN=C(N)N)C(=O)O. The summed E-state index contributed by atoms with van der Waals surface area (Å²) in [7, 11) is 0. The Bertz CT molecular complexity index is 2710. The number of H-pyrrole nitrogens is 1. The van der Waals surface area contributed by atoms with Crippen LogP contribution in [-0.4, -0.2) is 162 Å². The van der Waals surface area contributed by atoms with Gasteiger partial charge in [0.1, 0.15) is 36.3 Å². The molecule has 0 radical (unpaired) electrons. The number of guanidine groups is 2. The van der Waals surface area contributed by atoms with E-state index in [2.05, 4.69) is 57.5 Å². The molecule has 1 heterocycles. The molecule has 0 fully saturated rings. The van der Waals surface area contributed by atoms with Crippen molar-refractivity contribution in [1.82, 2.24) is 47.5 Å². The lowest BCUT2D eigenvalue weighted by Crippen LogP contribution is -2.59. The number of para-hydroxylation sites is 1. The van der Waals surface area contributed by atoms with E-state index in [1.165, 1.54) is 0 Å². The Morgan fingerprint density at radius 3 is 1.59 bits per heavy atom.